The van der Waals surface area contributed by atoms with Gasteiger partial charge in [0.05, 0.1) is 6.61 Å². The molecule has 0 aromatic carbocycles. The molecular weight excluding hydrogens is 228 g/mol. The van der Waals surface area contributed by atoms with Crippen LogP contribution in [0.3, 0.4) is 0 Å². The standard InChI is InChI=1S/C13H24N4O/c1-3-18-13-10-12(16-11(2)17-13)15-9-7-5-4-6-8-14/h10H,3-9,14H2,1-2H3,(H,15,16,17). The van der Waals surface area contributed by atoms with Gasteiger partial charge in [0.1, 0.15) is 11.6 Å². The minimum absolute atomic E-state index is 0.620. The maximum Gasteiger partial charge on any atom is 0.218 e. The third-order valence-corrected chi connectivity index (χ3v) is 2.54. The minimum atomic E-state index is 0.620. The zero-order chi connectivity index (χ0) is 13.2. The van der Waals surface area contributed by atoms with E-state index in [9.17, 15) is 0 Å². The maximum atomic E-state index is 5.45. The summed E-state index contributed by atoms with van der Waals surface area (Å²) < 4.78 is 5.38. The highest BCUT2D eigenvalue weighted by Crippen LogP contribution is 2.13. The second-order valence-corrected chi connectivity index (χ2v) is 4.20. The summed E-state index contributed by atoms with van der Waals surface area (Å²) in [6.45, 7) is 6.15. The lowest BCUT2D eigenvalue weighted by molar-refractivity contribution is 0.325. The molecule has 1 aromatic heterocycles. The molecule has 0 unspecified atom stereocenters. The van der Waals surface area contributed by atoms with E-state index in [0.717, 1.165) is 37.6 Å². The first-order chi connectivity index (χ1) is 8.76. The molecule has 0 saturated heterocycles. The number of aryl methyl sites for hydroxylation is 1. The van der Waals surface area contributed by atoms with Crippen LogP contribution in [0.2, 0.25) is 0 Å². The summed E-state index contributed by atoms with van der Waals surface area (Å²) in [5.41, 5.74) is 5.45. The van der Waals surface area contributed by atoms with E-state index in [0.29, 0.717) is 12.5 Å². The summed E-state index contributed by atoms with van der Waals surface area (Å²) in [6, 6.07) is 1.84. The molecule has 0 aliphatic carbocycles. The van der Waals surface area contributed by atoms with Gasteiger partial charge >= 0.3 is 0 Å². The van der Waals surface area contributed by atoms with E-state index >= 15 is 0 Å². The molecule has 0 radical (unpaired) electrons. The topological polar surface area (TPSA) is 73.1 Å². The Hall–Kier alpha value is -1.36. The molecule has 0 bridgehead atoms. The largest absolute Gasteiger partial charge is 0.478 e. The van der Waals surface area contributed by atoms with Crippen molar-refractivity contribution in [2.24, 2.45) is 5.73 Å². The number of hydrogen-bond acceptors (Lipinski definition) is 5. The van der Waals surface area contributed by atoms with Crippen LogP contribution in [0.25, 0.3) is 0 Å². The fourth-order valence-corrected chi connectivity index (χ4v) is 1.69. The van der Waals surface area contributed by atoms with Crippen molar-refractivity contribution in [3.8, 4) is 5.88 Å². The van der Waals surface area contributed by atoms with Crippen molar-refractivity contribution in [2.75, 3.05) is 25.0 Å². The molecule has 0 aliphatic rings. The van der Waals surface area contributed by atoms with Crippen molar-refractivity contribution in [3.63, 3.8) is 0 Å². The van der Waals surface area contributed by atoms with E-state index in [4.69, 9.17) is 10.5 Å². The number of anilines is 1. The van der Waals surface area contributed by atoms with Crippen LogP contribution >= 0.6 is 0 Å². The Bertz CT molecular complexity index is 344. The molecule has 3 N–H and O–H groups in total. The van der Waals surface area contributed by atoms with Crippen molar-refractivity contribution in [1.82, 2.24) is 9.97 Å². The highest BCUT2D eigenvalue weighted by Gasteiger charge is 2.01. The van der Waals surface area contributed by atoms with Gasteiger partial charge in [0.2, 0.25) is 5.88 Å². The van der Waals surface area contributed by atoms with E-state index in [1.54, 1.807) is 0 Å². The Balaban J connectivity index is 2.32. The van der Waals surface area contributed by atoms with Crippen molar-refractivity contribution in [3.05, 3.63) is 11.9 Å². The summed E-state index contributed by atoms with van der Waals surface area (Å²) in [6.07, 6.45) is 4.64. The smallest absolute Gasteiger partial charge is 0.218 e. The van der Waals surface area contributed by atoms with Gasteiger partial charge in [-0.3, -0.25) is 0 Å². The fourth-order valence-electron chi connectivity index (χ4n) is 1.69. The molecule has 1 rings (SSSR count). The third-order valence-electron chi connectivity index (χ3n) is 2.54. The lowest BCUT2D eigenvalue weighted by atomic mass is 10.2. The molecule has 0 fully saturated rings. The summed E-state index contributed by atoms with van der Waals surface area (Å²) >= 11 is 0. The monoisotopic (exact) mass is 252 g/mol. The van der Waals surface area contributed by atoms with Crippen molar-refractivity contribution >= 4 is 5.82 Å². The quantitative estimate of drug-likeness (QED) is 0.659. The summed E-state index contributed by atoms with van der Waals surface area (Å²) in [5, 5.41) is 3.30. The zero-order valence-corrected chi connectivity index (χ0v) is 11.4. The highest BCUT2D eigenvalue weighted by molar-refractivity contribution is 5.38. The van der Waals surface area contributed by atoms with Gasteiger partial charge in [-0.2, -0.15) is 4.98 Å². The number of hydrogen-bond donors (Lipinski definition) is 2. The van der Waals surface area contributed by atoms with Gasteiger partial charge in [0, 0.05) is 12.6 Å². The van der Waals surface area contributed by atoms with Crippen LogP contribution in [-0.4, -0.2) is 29.7 Å². The van der Waals surface area contributed by atoms with Crippen LogP contribution < -0.4 is 15.8 Å². The first-order valence-electron chi connectivity index (χ1n) is 6.68. The number of rotatable bonds is 9. The lowest BCUT2D eigenvalue weighted by Gasteiger charge is -2.08. The number of ether oxygens (including phenoxy) is 1. The Morgan fingerprint density at radius 2 is 2.00 bits per heavy atom. The predicted molar refractivity (Wildman–Crippen MR) is 74.0 cm³/mol. The summed E-state index contributed by atoms with van der Waals surface area (Å²) in [4.78, 5) is 8.53. The second-order valence-electron chi connectivity index (χ2n) is 4.20. The predicted octanol–water partition coefficient (Wildman–Crippen LogP) is 2.11. The Labute approximate surface area is 109 Å². The molecule has 1 heterocycles. The van der Waals surface area contributed by atoms with Gasteiger partial charge < -0.3 is 15.8 Å². The molecule has 0 aliphatic heterocycles. The maximum absolute atomic E-state index is 5.45. The molecule has 0 atom stereocenters. The number of nitrogens with one attached hydrogen (secondary N) is 1. The molecule has 1 aromatic rings. The van der Waals surface area contributed by atoms with Crippen molar-refractivity contribution < 1.29 is 4.74 Å². The summed E-state index contributed by atoms with van der Waals surface area (Å²) in [7, 11) is 0. The van der Waals surface area contributed by atoms with Crippen molar-refractivity contribution in [1.29, 1.82) is 0 Å². The number of unbranched alkanes of at least 4 members (excludes halogenated alkanes) is 3. The minimum Gasteiger partial charge on any atom is -0.478 e. The average Bonchev–Trinajstić information content (AvgIpc) is 2.33. The van der Waals surface area contributed by atoms with E-state index in [2.05, 4.69) is 15.3 Å². The Morgan fingerprint density at radius 1 is 1.22 bits per heavy atom. The van der Waals surface area contributed by atoms with Crippen molar-refractivity contribution in [2.45, 2.75) is 39.5 Å². The molecule has 0 spiro atoms. The van der Waals surface area contributed by atoms with Crippen LogP contribution in [0.5, 0.6) is 5.88 Å². The van der Waals surface area contributed by atoms with Gasteiger partial charge in [-0.1, -0.05) is 12.8 Å². The van der Waals surface area contributed by atoms with Crippen LogP contribution in [0.15, 0.2) is 6.07 Å². The molecule has 5 heteroatoms. The summed E-state index contributed by atoms with van der Waals surface area (Å²) in [5.74, 6) is 2.20. The Morgan fingerprint density at radius 3 is 2.72 bits per heavy atom. The van der Waals surface area contributed by atoms with Gasteiger partial charge in [-0.05, 0) is 33.2 Å². The lowest BCUT2D eigenvalue weighted by Crippen LogP contribution is -2.06. The van der Waals surface area contributed by atoms with Crippen LogP contribution in [0.4, 0.5) is 5.82 Å². The van der Waals surface area contributed by atoms with Gasteiger partial charge in [-0.25, -0.2) is 4.98 Å². The molecule has 5 nitrogen and oxygen atoms in total. The van der Waals surface area contributed by atoms with Crippen LogP contribution in [0.1, 0.15) is 38.4 Å². The Kier molecular flexibility index (Phi) is 7.10. The van der Waals surface area contributed by atoms with Crippen LogP contribution in [-0.2, 0) is 0 Å². The van der Waals surface area contributed by atoms with Crippen LogP contribution in [0, 0.1) is 6.92 Å². The van der Waals surface area contributed by atoms with Gasteiger partial charge in [0.15, 0.2) is 0 Å². The van der Waals surface area contributed by atoms with Gasteiger partial charge in [-0.15, -0.1) is 0 Å². The SMILES string of the molecule is CCOc1cc(NCCCCCCN)nc(C)n1. The number of nitrogens with zero attached hydrogens (tertiary/aromatic N) is 2. The molecule has 0 amide bonds. The first kappa shape index (κ1) is 14.7. The average molecular weight is 252 g/mol. The second kappa shape index (κ2) is 8.69. The molecular formula is C13H24N4O. The highest BCUT2D eigenvalue weighted by atomic mass is 16.5. The first-order valence-corrected chi connectivity index (χ1v) is 6.68. The van der Waals surface area contributed by atoms with E-state index < -0.39 is 0 Å². The number of aromatic nitrogens is 2. The van der Waals surface area contributed by atoms with E-state index in [1.165, 1.54) is 12.8 Å². The van der Waals surface area contributed by atoms with E-state index in [-0.39, 0.29) is 0 Å². The number of nitrogens with two attached hydrogens (primary N) is 1. The molecule has 102 valence electrons. The zero-order valence-electron chi connectivity index (χ0n) is 11.4. The normalized spacial score (nSPS) is 10.4. The van der Waals surface area contributed by atoms with Gasteiger partial charge in [0.25, 0.3) is 0 Å². The third kappa shape index (κ3) is 5.82. The molecule has 0 saturated carbocycles. The molecule has 18 heavy (non-hydrogen) atoms. The van der Waals surface area contributed by atoms with E-state index in [1.807, 2.05) is 19.9 Å². The fraction of sp³-hybridized carbons (Fsp3) is 0.692.